The molecule has 2 nitrogen and oxygen atoms in total. The first-order valence-corrected chi connectivity index (χ1v) is 7.79. The monoisotopic (exact) mass is 326 g/mol. The maximum absolute atomic E-state index is 13.0. The molecule has 122 valence electrons. The Balaban J connectivity index is 1.90. The second-order valence-electron chi connectivity index (χ2n) is 6.08. The molecule has 24 heavy (non-hydrogen) atoms. The van der Waals surface area contributed by atoms with E-state index in [-0.39, 0.29) is 17.4 Å². The van der Waals surface area contributed by atoms with Crippen LogP contribution in [0.2, 0.25) is 0 Å². The highest BCUT2D eigenvalue weighted by Gasteiger charge is 2.26. The van der Waals surface area contributed by atoms with Crippen LogP contribution in [0.4, 0.5) is 8.78 Å². The van der Waals surface area contributed by atoms with E-state index in [9.17, 15) is 13.6 Å². The third-order valence-corrected chi connectivity index (χ3v) is 3.99. The van der Waals surface area contributed by atoms with Crippen molar-refractivity contribution in [2.24, 2.45) is 0 Å². The number of hydrogen-bond acceptors (Lipinski definition) is 1. The van der Waals surface area contributed by atoms with Crippen LogP contribution in [0.15, 0.2) is 59.7 Å². The lowest BCUT2D eigenvalue weighted by Gasteiger charge is -2.23. The molecule has 4 heteroatoms. The molecule has 0 spiro atoms. The van der Waals surface area contributed by atoms with Crippen molar-refractivity contribution in [3.63, 3.8) is 0 Å². The molecule has 1 heterocycles. The van der Waals surface area contributed by atoms with Crippen LogP contribution in [0.5, 0.6) is 0 Å². The summed E-state index contributed by atoms with van der Waals surface area (Å²) in [7, 11) is 2.02. The van der Waals surface area contributed by atoms with Crippen molar-refractivity contribution in [3.8, 4) is 0 Å². The molecule has 1 N–H and O–H groups in total. The first-order chi connectivity index (χ1) is 11.5. The zero-order valence-corrected chi connectivity index (χ0v) is 13.4. The van der Waals surface area contributed by atoms with Gasteiger partial charge in [-0.3, -0.25) is 4.79 Å². The van der Waals surface area contributed by atoms with Crippen molar-refractivity contribution < 1.29 is 18.5 Å². The highest BCUT2D eigenvalue weighted by Crippen LogP contribution is 2.16. The third-order valence-electron chi connectivity index (χ3n) is 3.99. The summed E-state index contributed by atoms with van der Waals surface area (Å²) in [5.41, 5.74) is 2.99. The quantitative estimate of drug-likeness (QED) is 0.842. The van der Waals surface area contributed by atoms with E-state index >= 15 is 0 Å². The van der Waals surface area contributed by atoms with Crippen molar-refractivity contribution >= 4 is 17.9 Å². The number of carbonyl (C=O) groups is 1. The second-order valence-corrected chi connectivity index (χ2v) is 6.08. The van der Waals surface area contributed by atoms with E-state index in [4.69, 9.17) is 0 Å². The zero-order chi connectivity index (χ0) is 17.1. The van der Waals surface area contributed by atoms with Crippen LogP contribution in [0, 0.1) is 11.6 Å². The maximum atomic E-state index is 13.0. The van der Waals surface area contributed by atoms with Gasteiger partial charge in [-0.05, 0) is 47.5 Å². The highest BCUT2D eigenvalue weighted by molar-refractivity contribution is 6.14. The van der Waals surface area contributed by atoms with Crippen LogP contribution >= 0.6 is 0 Å². The van der Waals surface area contributed by atoms with Gasteiger partial charge in [-0.1, -0.05) is 24.3 Å². The van der Waals surface area contributed by atoms with Gasteiger partial charge in [0.2, 0.25) is 0 Å². The lowest BCUT2D eigenvalue weighted by Crippen LogP contribution is -3.10. The standard InChI is InChI=1S/C20H17F2NO/c1-23-12-16(10-14-2-6-18(21)7-3-14)20(24)17(13-23)11-15-4-8-19(22)9-5-15/h2-11H,12-13H2,1H3/p+1/b16-10+,17-11+. The molecule has 1 aliphatic rings. The molecule has 2 aromatic carbocycles. The molecule has 0 aliphatic carbocycles. The molecule has 0 aromatic heterocycles. The molecule has 0 unspecified atom stereocenters. The highest BCUT2D eigenvalue weighted by atomic mass is 19.1. The van der Waals surface area contributed by atoms with Crippen LogP contribution in [0.3, 0.4) is 0 Å². The van der Waals surface area contributed by atoms with Gasteiger partial charge in [0.15, 0.2) is 5.78 Å². The van der Waals surface area contributed by atoms with Gasteiger partial charge in [0.05, 0.1) is 18.2 Å². The molecule has 0 bridgehead atoms. The van der Waals surface area contributed by atoms with E-state index in [0.717, 1.165) is 11.1 Å². The number of nitrogens with one attached hydrogen (secondary N) is 1. The van der Waals surface area contributed by atoms with Crippen LogP contribution in [0.25, 0.3) is 12.2 Å². The molecule has 0 atom stereocenters. The van der Waals surface area contributed by atoms with Gasteiger partial charge in [-0.2, -0.15) is 0 Å². The molecular weight excluding hydrogens is 308 g/mol. The van der Waals surface area contributed by atoms with Crippen molar-refractivity contribution in [2.75, 3.05) is 20.1 Å². The van der Waals surface area contributed by atoms with E-state index in [2.05, 4.69) is 0 Å². The predicted molar refractivity (Wildman–Crippen MR) is 90.4 cm³/mol. The molecule has 1 saturated heterocycles. The minimum atomic E-state index is -0.299. The van der Waals surface area contributed by atoms with E-state index in [0.29, 0.717) is 24.2 Å². The number of piperidine rings is 1. The van der Waals surface area contributed by atoms with Crippen molar-refractivity contribution in [1.82, 2.24) is 0 Å². The third kappa shape index (κ3) is 3.84. The molecule has 2 aromatic rings. The Labute approximate surface area is 139 Å². The smallest absolute Gasteiger partial charge is 0.196 e. The fraction of sp³-hybridized carbons (Fsp3) is 0.150. The first-order valence-electron chi connectivity index (χ1n) is 7.79. The number of rotatable bonds is 2. The van der Waals surface area contributed by atoms with Crippen molar-refractivity contribution in [1.29, 1.82) is 0 Å². The molecule has 0 saturated carbocycles. The van der Waals surface area contributed by atoms with Crippen molar-refractivity contribution in [3.05, 3.63) is 82.4 Å². The molecule has 3 rings (SSSR count). The normalized spacial score (nSPS) is 21.5. The lowest BCUT2D eigenvalue weighted by atomic mass is 9.94. The fourth-order valence-corrected chi connectivity index (χ4v) is 2.83. The Kier molecular flexibility index (Phi) is 4.67. The average Bonchev–Trinajstić information content (AvgIpc) is 2.56. The zero-order valence-electron chi connectivity index (χ0n) is 13.4. The number of likely N-dealkylation sites (N-methyl/N-ethyl adjacent to an activating group) is 1. The van der Waals surface area contributed by atoms with E-state index in [1.807, 2.05) is 19.2 Å². The van der Waals surface area contributed by atoms with Gasteiger partial charge < -0.3 is 4.90 Å². The summed E-state index contributed by atoms with van der Waals surface area (Å²) in [5, 5.41) is 0. The molecule has 0 radical (unpaired) electrons. The van der Waals surface area contributed by atoms with Gasteiger partial charge in [0.1, 0.15) is 24.7 Å². The number of Topliss-reactive ketones (excluding diaryl/α,β-unsaturated/α-hetero) is 1. The number of carbonyl (C=O) groups excluding carboxylic acids is 1. The predicted octanol–water partition coefficient (Wildman–Crippen LogP) is 2.53. The summed E-state index contributed by atoms with van der Waals surface area (Å²) < 4.78 is 26.0. The fourth-order valence-electron chi connectivity index (χ4n) is 2.83. The summed E-state index contributed by atoms with van der Waals surface area (Å²) in [5.74, 6) is -0.604. The summed E-state index contributed by atoms with van der Waals surface area (Å²) >= 11 is 0. The van der Waals surface area contributed by atoms with Crippen LogP contribution in [-0.4, -0.2) is 25.9 Å². The number of halogens is 2. The van der Waals surface area contributed by atoms with Crippen LogP contribution in [-0.2, 0) is 4.79 Å². The van der Waals surface area contributed by atoms with Gasteiger partial charge >= 0.3 is 0 Å². The SMILES string of the molecule is C[NH+]1C/C(=C\c2ccc(F)cc2)C(=O)/C(=C/c2ccc(F)cc2)C1. The van der Waals surface area contributed by atoms with Crippen LogP contribution in [0.1, 0.15) is 11.1 Å². The summed E-state index contributed by atoms with van der Waals surface area (Å²) in [4.78, 5) is 13.9. The maximum Gasteiger partial charge on any atom is 0.196 e. The van der Waals surface area contributed by atoms with Crippen LogP contribution < -0.4 is 4.90 Å². The topological polar surface area (TPSA) is 21.5 Å². The van der Waals surface area contributed by atoms with E-state index < -0.39 is 0 Å². The summed E-state index contributed by atoms with van der Waals surface area (Å²) in [6.07, 6.45) is 3.62. The lowest BCUT2D eigenvalue weighted by molar-refractivity contribution is -0.870. The molecular formula is C20H18F2NO+. The Morgan fingerprint density at radius 2 is 1.17 bits per heavy atom. The number of ketones is 1. The molecule has 1 fully saturated rings. The Morgan fingerprint density at radius 3 is 1.54 bits per heavy atom. The Hall–Kier alpha value is -2.59. The van der Waals surface area contributed by atoms with Gasteiger partial charge in [-0.25, -0.2) is 8.78 Å². The van der Waals surface area contributed by atoms with Gasteiger partial charge in [0.25, 0.3) is 0 Å². The minimum Gasteiger partial charge on any atom is -0.330 e. The number of hydrogen-bond donors (Lipinski definition) is 1. The van der Waals surface area contributed by atoms with Gasteiger partial charge in [0, 0.05) is 0 Å². The minimum absolute atomic E-state index is 0.00532. The van der Waals surface area contributed by atoms with Crippen molar-refractivity contribution in [2.45, 2.75) is 0 Å². The number of benzene rings is 2. The Bertz CT molecular complexity index is 737. The van der Waals surface area contributed by atoms with Gasteiger partial charge in [-0.15, -0.1) is 0 Å². The van der Waals surface area contributed by atoms with E-state index in [1.165, 1.54) is 29.2 Å². The number of quaternary nitrogens is 1. The summed E-state index contributed by atoms with van der Waals surface area (Å²) in [6.45, 7) is 1.24. The second kappa shape index (κ2) is 6.89. The Morgan fingerprint density at radius 1 is 0.792 bits per heavy atom. The molecule has 0 amide bonds. The number of likely N-dealkylation sites (tertiary alicyclic amines) is 1. The largest absolute Gasteiger partial charge is 0.330 e. The average molecular weight is 326 g/mol. The summed E-state index contributed by atoms with van der Waals surface area (Å²) in [6, 6.07) is 12.1. The molecule has 1 aliphatic heterocycles. The first kappa shape index (κ1) is 16.3. The van der Waals surface area contributed by atoms with E-state index in [1.54, 1.807) is 24.3 Å².